The summed E-state index contributed by atoms with van der Waals surface area (Å²) in [5.41, 5.74) is 3.79. The average Bonchev–Trinajstić information content (AvgIpc) is 3.02. The minimum Gasteiger partial charge on any atom is -0.451 e. The molecule has 0 saturated heterocycles. The van der Waals surface area contributed by atoms with Crippen LogP contribution in [0.1, 0.15) is 21.7 Å². The lowest BCUT2D eigenvalue weighted by atomic mass is 10.1. The molecule has 0 aliphatic heterocycles. The summed E-state index contributed by atoms with van der Waals surface area (Å²) in [6, 6.07) is 16.6. The van der Waals surface area contributed by atoms with Crippen LogP contribution >= 0.6 is 11.6 Å². The van der Waals surface area contributed by atoms with Gasteiger partial charge in [0.2, 0.25) is 0 Å². The number of anilines is 1. The van der Waals surface area contributed by atoms with Crippen molar-refractivity contribution < 1.29 is 9.21 Å². The molecule has 0 bridgehead atoms. The normalized spacial score (nSPS) is 10.6. The minimum absolute atomic E-state index is 0.265. The van der Waals surface area contributed by atoms with E-state index in [9.17, 15) is 4.79 Å². The Kier molecular flexibility index (Phi) is 4.22. The first-order valence-corrected chi connectivity index (χ1v) is 7.66. The van der Waals surface area contributed by atoms with E-state index < -0.39 is 0 Å². The molecule has 0 spiro atoms. The van der Waals surface area contributed by atoms with E-state index in [1.165, 1.54) is 0 Å². The zero-order chi connectivity index (χ0) is 16.4. The Bertz CT molecular complexity index is 867. The fourth-order valence-corrected chi connectivity index (χ4v) is 2.52. The van der Waals surface area contributed by atoms with Gasteiger partial charge in [-0.2, -0.15) is 0 Å². The van der Waals surface area contributed by atoms with Crippen LogP contribution in [0.4, 0.5) is 5.69 Å². The first-order valence-electron chi connectivity index (χ1n) is 7.28. The van der Waals surface area contributed by atoms with Crippen LogP contribution in [0.2, 0.25) is 5.02 Å². The van der Waals surface area contributed by atoms with Gasteiger partial charge in [-0.05, 0) is 55.3 Å². The first kappa shape index (κ1) is 15.4. The standard InChI is InChI=1S/C19H16ClNO2/c1-12-5-3-8-16(13(12)2)21-19(22)18-10-9-17(23-18)14-6-4-7-15(20)11-14/h3-11H,1-2H3,(H,21,22). The summed E-state index contributed by atoms with van der Waals surface area (Å²) >= 11 is 5.98. The Morgan fingerprint density at radius 2 is 1.83 bits per heavy atom. The molecule has 3 rings (SSSR count). The number of aryl methyl sites for hydroxylation is 1. The third-order valence-electron chi connectivity index (χ3n) is 3.79. The second kappa shape index (κ2) is 6.31. The maximum absolute atomic E-state index is 12.4. The van der Waals surface area contributed by atoms with E-state index in [0.717, 1.165) is 22.4 Å². The van der Waals surface area contributed by atoms with Crippen LogP contribution in [0.15, 0.2) is 59.0 Å². The highest BCUT2D eigenvalue weighted by atomic mass is 35.5. The molecule has 1 amide bonds. The van der Waals surface area contributed by atoms with Crippen LogP contribution in [0.25, 0.3) is 11.3 Å². The van der Waals surface area contributed by atoms with Crippen LogP contribution in [-0.2, 0) is 0 Å². The molecule has 0 unspecified atom stereocenters. The van der Waals surface area contributed by atoms with Crippen molar-refractivity contribution in [2.45, 2.75) is 13.8 Å². The highest BCUT2D eigenvalue weighted by Crippen LogP contribution is 2.25. The van der Waals surface area contributed by atoms with Crippen LogP contribution in [0.5, 0.6) is 0 Å². The van der Waals surface area contributed by atoms with E-state index in [1.807, 2.05) is 44.2 Å². The van der Waals surface area contributed by atoms with Crippen molar-refractivity contribution in [1.82, 2.24) is 0 Å². The molecule has 1 heterocycles. The van der Waals surface area contributed by atoms with Crippen LogP contribution in [0, 0.1) is 13.8 Å². The number of nitrogens with one attached hydrogen (secondary N) is 1. The summed E-state index contributed by atoms with van der Waals surface area (Å²) < 4.78 is 5.66. The zero-order valence-electron chi connectivity index (χ0n) is 12.9. The maximum Gasteiger partial charge on any atom is 0.291 e. The highest BCUT2D eigenvalue weighted by molar-refractivity contribution is 6.30. The quantitative estimate of drug-likeness (QED) is 0.693. The second-order valence-corrected chi connectivity index (χ2v) is 5.81. The fourth-order valence-electron chi connectivity index (χ4n) is 2.33. The van der Waals surface area contributed by atoms with Gasteiger partial charge >= 0.3 is 0 Å². The van der Waals surface area contributed by atoms with Gasteiger partial charge in [-0.15, -0.1) is 0 Å². The molecule has 4 heteroatoms. The smallest absolute Gasteiger partial charge is 0.291 e. The van der Waals surface area contributed by atoms with Gasteiger partial charge in [-0.3, -0.25) is 4.79 Å². The number of carbonyl (C=O) groups is 1. The van der Waals surface area contributed by atoms with E-state index in [1.54, 1.807) is 24.3 Å². The summed E-state index contributed by atoms with van der Waals surface area (Å²) in [6.07, 6.45) is 0. The van der Waals surface area contributed by atoms with Gasteiger partial charge in [-0.1, -0.05) is 35.9 Å². The summed E-state index contributed by atoms with van der Waals surface area (Å²) in [4.78, 5) is 12.4. The van der Waals surface area contributed by atoms with Crippen molar-refractivity contribution in [1.29, 1.82) is 0 Å². The lowest BCUT2D eigenvalue weighted by Crippen LogP contribution is -2.12. The summed E-state index contributed by atoms with van der Waals surface area (Å²) in [7, 11) is 0. The molecule has 0 fully saturated rings. The van der Waals surface area contributed by atoms with Gasteiger partial charge < -0.3 is 9.73 Å². The molecule has 1 aromatic heterocycles. The third-order valence-corrected chi connectivity index (χ3v) is 4.03. The van der Waals surface area contributed by atoms with Gasteiger partial charge in [0.05, 0.1) is 0 Å². The molecular formula is C19H16ClNO2. The van der Waals surface area contributed by atoms with E-state index in [4.69, 9.17) is 16.0 Å². The molecule has 2 aromatic carbocycles. The molecule has 1 N–H and O–H groups in total. The predicted molar refractivity (Wildman–Crippen MR) is 93.0 cm³/mol. The molecule has 3 aromatic rings. The predicted octanol–water partition coefficient (Wildman–Crippen LogP) is 5.47. The molecule has 0 atom stereocenters. The summed E-state index contributed by atoms with van der Waals surface area (Å²) in [5.74, 6) is 0.603. The summed E-state index contributed by atoms with van der Waals surface area (Å²) in [5, 5.41) is 3.51. The minimum atomic E-state index is -0.271. The van der Waals surface area contributed by atoms with Crippen LogP contribution in [0.3, 0.4) is 0 Å². The highest BCUT2D eigenvalue weighted by Gasteiger charge is 2.14. The molecule has 0 aliphatic rings. The lowest BCUT2D eigenvalue weighted by Gasteiger charge is -2.09. The number of rotatable bonds is 3. The van der Waals surface area contributed by atoms with Gasteiger partial charge in [0.1, 0.15) is 5.76 Å². The number of halogens is 1. The number of hydrogen-bond acceptors (Lipinski definition) is 2. The van der Waals surface area contributed by atoms with E-state index >= 15 is 0 Å². The Morgan fingerprint density at radius 1 is 1.04 bits per heavy atom. The average molecular weight is 326 g/mol. The van der Waals surface area contributed by atoms with E-state index in [2.05, 4.69) is 5.32 Å². The van der Waals surface area contributed by atoms with Crippen LogP contribution < -0.4 is 5.32 Å². The first-order chi connectivity index (χ1) is 11.0. The van der Waals surface area contributed by atoms with Crippen molar-refractivity contribution in [2.75, 3.05) is 5.32 Å². The fraction of sp³-hybridized carbons (Fsp3) is 0.105. The number of hydrogen-bond donors (Lipinski definition) is 1. The number of carbonyl (C=O) groups excluding carboxylic acids is 1. The van der Waals surface area contributed by atoms with Crippen LogP contribution in [-0.4, -0.2) is 5.91 Å². The topological polar surface area (TPSA) is 42.2 Å². The molecule has 3 nitrogen and oxygen atoms in total. The molecular weight excluding hydrogens is 310 g/mol. The summed E-state index contributed by atoms with van der Waals surface area (Å²) in [6.45, 7) is 3.99. The number of benzene rings is 2. The van der Waals surface area contributed by atoms with Gasteiger partial charge in [0, 0.05) is 16.3 Å². The second-order valence-electron chi connectivity index (χ2n) is 5.38. The Hall–Kier alpha value is -2.52. The lowest BCUT2D eigenvalue weighted by molar-refractivity contribution is 0.0997. The van der Waals surface area contributed by atoms with Crippen molar-refractivity contribution in [2.24, 2.45) is 0 Å². The van der Waals surface area contributed by atoms with Crippen molar-refractivity contribution >= 4 is 23.2 Å². The molecule has 116 valence electrons. The van der Waals surface area contributed by atoms with Crippen molar-refractivity contribution in [3.05, 3.63) is 76.5 Å². The van der Waals surface area contributed by atoms with Gasteiger partial charge in [0.25, 0.3) is 5.91 Å². The Balaban J connectivity index is 1.83. The van der Waals surface area contributed by atoms with Crippen molar-refractivity contribution in [3.8, 4) is 11.3 Å². The third kappa shape index (κ3) is 3.30. The van der Waals surface area contributed by atoms with Gasteiger partial charge in [-0.25, -0.2) is 0 Å². The Labute approximate surface area is 139 Å². The van der Waals surface area contributed by atoms with E-state index in [-0.39, 0.29) is 11.7 Å². The number of furan rings is 1. The monoisotopic (exact) mass is 325 g/mol. The number of amides is 1. The molecule has 0 radical (unpaired) electrons. The Morgan fingerprint density at radius 3 is 2.61 bits per heavy atom. The SMILES string of the molecule is Cc1cccc(NC(=O)c2ccc(-c3cccc(Cl)c3)o2)c1C. The largest absolute Gasteiger partial charge is 0.451 e. The van der Waals surface area contributed by atoms with Gasteiger partial charge in [0.15, 0.2) is 5.76 Å². The maximum atomic E-state index is 12.4. The zero-order valence-corrected chi connectivity index (χ0v) is 13.6. The molecule has 0 aliphatic carbocycles. The molecule has 0 saturated carbocycles. The van der Waals surface area contributed by atoms with E-state index in [0.29, 0.717) is 10.8 Å². The van der Waals surface area contributed by atoms with Crippen molar-refractivity contribution in [3.63, 3.8) is 0 Å². The molecule has 23 heavy (non-hydrogen) atoms.